The molecule has 1 aromatic heterocycles. The van der Waals surface area contributed by atoms with Crippen LogP contribution in [0.4, 0.5) is 0 Å². The van der Waals surface area contributed by atoms with Gasteiger partial charge in [-0.15, -0.1) is 0 Å². The van der Waals surface area contributed by atoms with Gasteiger partial charge in [-0.2, -0.15) is 0 Å². The molecule has 0 fully saturated rings. The van der Waals surface area contributed by atoms with Gasteiger partial charge in [0.15, 0.2) is 22.7 Å². The van der Waals surface area contributed by atoms with E-state index < -0.39 is 5.91 Å². The first-order valence-electron chi connectivity index (χ1n) is 8.16. The summed E-state index contributed by atoms with van der Waals surface area (Å²) in [5.41, 5.74) is 0.805. The minimum Gasteiger partial charge on any atom is -0.497 e. The Bertz CT molecular complexity index is 1040. The average Bonchev–Trinajstić information content (AvgIpc) is 2.71. The highest BCUT2D eigenvalue weighted by Crippen LogP contribution is 2.27. The number of nitrogens with one attached hydrogen (secondary N) is 1. The lowest BCUT2D eigenvalue weighted by atomic mass is 10.2. The Hall–Kier alpha value is -3.48. The van der Waals surface area contributed by atoms with E-state index in [1.54, 1.807) is 37.4 Å². The van der Waals surface area contributed by atoms with Gasteiger partial charge in [0, 0.05) is 18.7 Å². The number of carbonyl (C=O) groups is 1. The number of amides is 1. The normalized spacial score (nSPS) is 10.5. The predicted molar refractivity (Wildman–Crippen MR) is 99.8 cm³/mol. The van der Waals surface area contributed by atoms with Gasteiger partial charge in [0.2, 0.25) is 0 Å². The van der Waals surface area contributed by atoms with E-state index in [2.05, 4.69) is 5.32 Å². The third-order valence-corrected chi connectivity index (χ3v) is 4.06. The molecule has 0 aliphatic carbocycles. The van der Waals surface area contributed by atoms with Crippen molar-refractivity contribution < 1.29 is 23.4 Å². The number of rotatable bonds is 6. The maximum absolute atomic E-state index is 12.4. The Kier molecular flexibility index (Phi) is 5.30. The molecule has 140 valence electrons. The van der Waals surface area contributed by atoms with Crippen LogP contribution in [0.3, 0.4) is 0 Å². The maximum Gasteiger partial charge on any atom is 0.287 e. The van der Waals surface area contributed by atoms with Crippen LogP contribution in [0.2, 0.25) is 0 Å². The first-order chi connectivity index (χ1) is 13.0. The topological polar surface area (TPSA) is 87.0 Å². The van der Waals surface area contributed by atoms with Crippen LogP contribution in [0.5, 0.6) is 17.2 Å². The summed E-state index contributed by atoms with van der Waals surface area (Å²) in [6.07, 6.45) is 0. The zero-order valence-electron chi connectivity index (χ0n) is 15.2. The third-order valence-electron chi connectivity index (χ3n) is 4.06. The fourth-order valence-electron chi connectivity index (χ4n) is 2.63. The summed E-state index contributed by atoms with van der Waals surface area (Å²) in [5.74, 6) is 1.14. The van der Waals surface area contributed by atoms with Crippen LogP contribution in [0.25, 0.3) is 11.0 Å². The first-order valence-corrected chi connectivity index (χ1v) is 8.16. The summed E-state index contributed by atoms with van der Waals surface area (Å²) in [5, 5.41) is 3.11. The standard InChI is InChI=1S/C20H19NO6/c1-24-13-5-6-14-15(22)10-19(27-17(14)9-13)20(23)21-11-12-4-7-16(25-2)18(8-12)26-3/h4-10H,11H2,1-3H3,(H,21,23). The van der Waals surface area contributed by atoms with Crippen molar-refractivity contribution in [3.05, 3.63) is 64.0 Å². The molecule has 0 atom stereocenters. The highest BCUT2D eigenvalue weighted by atomic mass is 16.5. The van der Waals surface area contributed by atoms with Crippen molar-refractivity contribution in [1.29, 1.82) is 0 Å². The van der Waals surface area contributed by atoms with Crippen LogP contribution in [0.15, 0.2) is 51.7 Å². The number of fused-ring (bicyclic) bond motifs is 1. The van der Waals surface area contributed by atoms with Crippen LogP contribution < -0.4 is 25.0 Å². The van der Waals surface area contributed by atoms with Crippen molar-refractivity contribution in [2.24, 2.45) is 0 Å². The first kappa shape index (κ1) is 18.3. The lowest BCUT2D eigenvalue weighted by molar-refractivity contribution is 0.0923. The molecule has 0 saturated carbocycles. The van der Waals surface area contributed by atoms with E-state index >= 15 is 0 Å². The lowest BCUT2D eigenvalue weighted by Crippen LogP contribution is -2.24. The van der Waals surface area contributed by atoms with Crippen molar-refractivity contribution in [2.75, 3.05) is 21.3 Å². The minimum absolute atomic E-state index is 0.0683. The second kappa shape index (κ2) is 7.82. The van der Waals surface area contributed by atoms with Crippen LogP contribution in [0.1, 0.15) is 16.1 Å². The number of hydrogen-bond donors (Lipinski definition) is 1. The Balaban J connectivity index is 1.81. The Morgan fingerprint density at radius 2 is 1.74 bits per heavy atom. The van der Waals surface area contributed by atoms with Crippen LogP contribution in [0, 0.1) is 0 Å². The lowest BCUT2D eigenvalue weighted by Gasteiger charge is -2.10. The van der Waals surface area contributed by atoms with E-state index in [1.165, 1.54) is 20.3 Å². The fraction of sp³-hybridized carbons (Fsp3) is 0.200. The molecule has 0 unspecified atom stereocenters. The summed E-state index contributed by atoms with van der Waals surface area (Å²) in [6, 6.07) is 11.3. The van der Waals surface area contributed by atoms with Crippen molar-refractivity contribution in [1.82, 2.24) is 5.32 Å². The summed E-state index contributed by atoms with van der Waals surface area (Å²) in [7, 11) is 4.60. The van der Waals surface area contributed by atoms with E-state index in [0.717, 1.165) is 5.56 Å². The molecule has 3 rings (SSSR count). The number of ether oxygens (including phenoxy) is 3. The van der Waals surface area contributed by atoms with Gasteiger partial charge in [0.05, 0.1) is 26.7 Å². The fourth-order valence-corrected chi connectivity index (χ4v) is 2.63. The molecule has 1 amide bonds. The maximum atomic E-state index is 12.4. The highest BCUT2D eigenvalue weighted by Gasteiger charge is 2.13. The van der Waals surface area contributed by atoms with Gasteiger partial charge in [0.25, 0.3) is 5.91 Å². The molecule has 0 radical (unpaired) electrons. The van der Waals surface area contributed by atoms with Crippen molar-refractivity contribution >= 4 is 16.9 Å². The van der Waals surface area contributed by atoms with Gasteiger partial charge in [0.1, 0.15) is 11.3 Å². The molecule has 0 aliphatic rings. The second-order valence-electron chi connectivity index (χ2n) is 5.71. The second-order valence-corrected chi connectivity index (χ2v) is 5.71. The van der Waals surface area contributed by atoms with Gasteiger partial charge in [-0.05, 0) is 29.8 Å². The number of carbonyl (C=O) groups excluding carboxylic acids is 1. The number of benzene rings is 2. The summed E-state index contributed by atoms with van der Waals surface area (Å²) < 4.78 is 21.1. The zero-order chi connectivity index (χ0) is 19.4. The molecule has 27 heavy (non-hydrogen) atoms. The SMILES string of the molecule is COc1ccc2c(=O)cc(C(=O)NCc3ccc(OC)c(OC)c3)oc2c1. The largest absolute Gasteiger partial charge is 0.497 e. The summed E-state index contributed by atoms with van der Waals surface area (Å²) >= 11 is 0. The molecular weight excluding hydrogens is 350 g/mol. The molecule has 7 nitrogen and oxygen atoms in total. The molecule has 0 bridgehead atoms. The van der Waals surface area contributed by atoms with Crippen molar-refractivity contribution in [3.8, 4) is 17.2 Å². The Labute approximate surface area is 155 Å². The number of methoxy groups -OCH3 is 3. The van der Waals surface area contributed by atoms with E-state index in [0.29, 0.717) is 22.6 Å². The van der Waals surface area contributed by atoms with Gasteiger partial charge in [-0.25, -0.2) is 0 Å². The van der Waals surface area contributed by atoms with Crippen LogP contribution in [-0.4, -0.2) is 27.2 Å². The highest BCUT2D eigenvalue weighted by molar-refractivity contribution is 5.93. The quantitative estimate of drug-likeness (QED) is 0.719. The third kappa shape index (κ3) is 3.87. The van der Waals surface area contributed by atoms with Crippen LogP contribution >= 0.6 is 0 Å². The van der Waals surface area contributed by atoms with Gasteiger partial charge in [-0.3, -0.25) is 9.59 Å². The molecule has 0 spiro atoms. The summed E-state index contributed by atoms with van der Waals surface area (Å²) in [4.78, 5) is 24.6. The van der Waals surface area contributed by atoms with E-state index in [4.69, 9.17) is 18.6 Å². The molecule has 1 heterocycles. The molecule has 7 heteroatoms. The molecule has 0 saturated heterocycles. The van der Waals surface area contributed by atoms with E-state index in [9.17, 15) is 9.59 Å². The molecule has 0 aliphatic heterocycles. The Morgan fingerprint density at radius 3 is 2.44 bits per heavy atom. The average molecular weight is 369 g/mol. The molecule has 2 aromatic carbocycles. The van der Waals surface area contributed by atoms with Crippen molar-refractivity contribution in [3.63, 3.8) is 0 Å². The van der Waals surface area contributed by atoms with E-state index in [-0.39, 0.29) is 23.3 Å². The Morgan fingerprint density at radius 1 is 0.963 bits per heavy atom. The predicted octanol–water partition coefficient (Wildman–Crippen LogP) is 2.75. The van der Waals surface area contributed by atoms with Crippen LogP contribution in [-0.2, 0) is 6.54 Å². The zero-order valence-corrected chi connectivity index (χ0v) is 15.2. The number of hydrogen-bond acceptors (Lipinski definition) is 6. The molecule has 1 N–H and O–H groups in total. The van der Waals surface area contributed by atoms with Gasteiger partial charge < -0.3 is 23.9 Å². The molecule has 3 aromatic rings. The van der Waals surface area contributed by atoms with E-state index in [1.807, 2.05) is 6.07 Å². The van der Waals surface area contributed by atoms with Crippen molar-refractivity contribution in [2.45, 2.75) is 6.54 Å². The molecular formula is C20H19NO6. The van der Waals surface area contributed by atoms with Gasteiger partial charge in [-0.1, -0.05) is 6.07 Å². The summed E-state index contributed by atoms with van der Waals surface area (Å²) in [6.45, 7) is 0.235. The minimum atomic E-state index is -0.494. The monoisotopic (exact) mass is 369 g/mol. The smallest absolute Gasteiger partial charge is 0.287 e. The van der Waals surface area contributed by atoms with Gasteiger partial charge >= 0.3 is 0 Å².